The molecular formula is C20H21N. The smallest absolute Gasteiger partial charge is 0.0525 e. The van der Waals surface area contributed by atoms with Crippen molar-refractivity contribution in [3.8, 4) is 0 Å². The minimum Gasteiger partial charge on any atom is -0.320 e. The van der Waals surface area contributed by atoms with Crippen molar-refractivity contribution in [2.45, 2.75) is 38.5 Å². The summed E-state index contributed by atoms with van der Waals surface area (Å²) in [4.78, 5) is 2.52. The van der Waals surface area contributed by atoms with Crippen molar-refractivity contribution in [2.75, 3.05) is 0 Å². The number of benzene rings is 1. The van der Waals surface area contributed by atoms with E-state index in [0.29, 0.717) is 0 Å². The summed E-state index contributed by atoms with van der Waals surface area (Å²) >= 11 is 0. The normalized spacial score (nSPS) is 29.5. The van der Waals surface area contributed by atoms with Crippen molar-refractivity contribution in [3.63, 3.8) is 0 Å². The van der Waals surface area contributed by atoms with Gasteiger partial charge in [-0.1, -0.05) is 36.8 Å². The van der Waals surface area contributed by atoms with Crippen LogP contribution in [0.4, 0.5) is 0 Å². The molecule has 2 atom stereocenters. The molecule has 2 heterocycles. The Hall–Kier alpha value is -1.76. The van der Waals surface area contributed by atoms with E-state index in [2.05, 4.69) is 47.5 Å². The average molecular weight is 275 g/mol. The topological polar surface area (TPSA) is 3.24 Å². The van der Waals surface area contributed by atoms with Gasteiger partial charge in [-0.25, -0.2) is 0 Å². The zero-order valence-corrected chi connectivity index (χ0v) is 12.4. The summed E-state index contributed by atoms with van der Waals surface area (Å²) in [5.41, 5.74) is 7.71. The van der Waals surface area contributed by atoms with Crippen molar-refractivity contribution in [1.82, 2.24) is 4.90 Å². The lowest BCUT2D eigenvalue weighted by Gasteiger charge is -2.45. The van der Waals surface area contributed by atoms with E-state index in [-0.39, 0.29) is 0 Å². The molecule has 0 saturated heterocycles. The average Bonchev–Trinajstić information content (AvgIpc) is 3.04. The van der Waals surface area contributed by atoms with E-state index in [1.54, 1.807) is 11.3 Å². The Kier molecular flexibility index (Phi) is 2.46. The predicted octanol–water partition coefficient (Wildman–Crippen LogP) is 5.18. The monoisotopic (exact) mass is 275 g/mol. The number of rotatable bonds is 0. The molecule has 1 aromatic carbocycles. The van der Waals surface area contributed by atoms with Crippen molar-refractivity contribution in [2.24, 2.45) is 11.8 Å². The molecule has 5 rings (SSSR count). The van der Waals surface area contributed by atoms with Crippen molar-refractivity contribution in [3.05, 3.63) is 58.9 Å². The van der Waals surface area contributed by atoms with E-state index in [4.69, 9.17) is 0 Å². The standard InChI is InChI=1S/C20H21N/c1-2-7-15-14(6-1)12-13-21-19-11-5-10-17(19)16-8-3-4-9-18(16)20(15)21/h1-2,6-7,11-13,16-17H,3-5,8-10H2. The van der Waals surface area contributed by atoms with Gasteiger partial charge in [0.25, 0.3) is 0 Å². The highest BCUT2D eigenvalue weighted by atomic mass is 15.2. The highest BCUT2D eigenvalue weighted by Crippen LogP contribution is 2.53. The molecule has 4 aliphatic rings. The van der Waals surface area contributed by atoms with E-state index < -0.39 is 0 Å². The maximum absolute atomic E-state index is 2.52. The second-order valence-electron chi connectivity index (χ2n) is 6.81. The molecular weight excluding hydrogens is 254 g/mol. The summed E-state index contributed by atoms with van der Waals surface area (Å²) in [6.07, 6.45) is 15.2. The molecule has 0 amide bonds. The SMILES string of the molecule is C1=CN2C3=CCCC3C3CCCCC3=C2c2ccccc21. The van der Waals surface area contributed by atoms with Crippen LogP contribution in [0.3, 0.4) is 0 Å². The molecule has 2 aliphatic heterocycles. The summed E-state index contributed by atoms with van der Waals surface area (Å²) in [5.74, 6) is 1.61. The van der Waals surface area contributed by atoms with Crippen LogP contribution in [0.5, 0.6) is 0 Å². The van der Waals surface area contributed by atoms with Gasteiger partial charge in [0.1, 0.15) is 0 Å². The van der Waals surface area contributed by atoms with Gasteiger partial charge in [-0.3, -0.25) is 0 Å². The second-order valence-corrected chi connectivity index (χ2v) is 6.81. The molecule has 0 bridgehead atoms. The molecule has 0 N–H and O–H groups in total. The van der Waals surface area contributed by atoms with Crippen LogP contribution >= 0.6 is 0 Å². The molecule has 2 unspecified atom stereocenters. The highest BCUT2D eigenvalue weighted by Gasteiger charge is 2.42. The van der Waals surface area contributed by atoms with Crippen LogP contribution in [0.1, 0.15) is 49.7 Å². The summed E-state index contributed by atoms with van der Waals surface area (Å²) in [6, 6.07) is 8.92. The second kappa shape index (κ2) is 4.37. The lowest BCUT2D eigenvalue weighted by atomic mass is 9.70. The summed E-state index contributed by atoms with van der Waals surface area (Å²) < 4.78 is 0. The van der Waals surface area contributed by atoms with Crippen LogP contribution in [0, 0.1) is 11.8 Å². The first-order valence-corrected chi connectivity index (χ1v) is 8.43. The molecule has 0 radical (unpaired) electrons. The van der Waals surface area contributed by atoms with E-state index in [1.165, 1.54) is 55.3 Å². The molecule has 1 fully saturated rings. The maximum Gasteiger partial charge on any atom is 0.0525 e. The Balaban J connectivity index is 1.78. The van der Waals surface area contributed by atoms with Crippen LogP contribution in [-0.4, -0.2) is 4.90 Å². The maximum atomic E-state index is 2.52. The third kappa shape index (κ3) is 1.58. The van der Waals surface area contributed by atoms with Gasteiger partial charge in [0.2, 0.25) is 0 Å². The fourth-order valence-electron chi connectivity index (χ4n) is 4.93. The lowest BCUT2D eigenvalue weighted by molar-refractivity contribution is 0.299. The molecule has 1 nitrogen and oxygen atoms in total. The minimum atomic E-state index is 0.791. The van der Waals surface area contributed by atoms with Gasteiger partial charge in [0.15, 0.2) is 0 Å². The summed E-state index contributed by atoms with van der Waals surface area (Å²) in [6.45, 7) is 0. The summed E-state index contributed by atoms with van der Waals surface area (Å²) in [5, 5.41) is 0. The van der Waals surface area contributed by atoms with Crippen molar-refractivity contribution >= 4 is 11.8 Å². The van der Waals surface area contributed by atoms with Gasteiger partial charge in [-0.05, 0) is 55.2 Å². The molecule has 1 heteroatoms. The van der Waals surface area contributed by atoms with Crippen molar-refractivity contribution in [1.29, 1.82) is 0 Å². The van der Waals surface area contributed by atoms with Gasteiger partial charge in [-0.15, -0.1) is 0 Å². The van der Waals surface area contributed by atoms with Gasteiger partial charge in [-0.2, -0.15) is 0 Å². The number of allylic oxidation sites excluding steroid dienone is 3. The van der Waals surface area contributed by atoms with Crippen LogP contribution in [-0.2, 0) is 0 Å². The quantitative estimate of drug-likeness (QED) is 0.630. The van der Waals surface area contributed by atoms with E-state index in [1.807, 2.05) is 0 Å². The van der Waals surface area contributed by atoms with Gasteiger partial charge in [0, 0.05) is 23.4 Å². The largest absolute Gasteiger partial charge is 0.320 e. The van der Waals surface area contributed by atoms with E-state index in [0.717, 1.165) is 11.8 Å². The Morgan fingerprint density at radius 1 is 1.00 bits per heavy atom. The predicted molar refractivity (Wildman–Crippen MR) is 87.0 cm³/mol. The Morgan fingerprint density at radius 2 is 1.95 bits per heavy atom. The number of hydrogen-bond donors (Lipinski definition) is 0. The number of hydrogen-bond acceptors (Lipinski definition) is 1. The fraction of sp³-hybridized carbons (Fsp3) is 0.400. The van der Waals surface area contributed by atoms with Crippen LogP contribution in [0.2, 0.25) is 0 Å². The van der Waals surface area contributed by atoms with Crippen LogP contribution < -0.4 is 0 Å². The first-order valence-electron chi connectivity index (χ1n) is 8.43. The lowest BCUT2D eigenvalue weighted by Crippen LogP contribution is -2.35. The first-order chi connectivity index (χ1) is 10.4. The molecule has 1 aromatic rings. The number of fused-ring (bicyclic) bond motifs is 7. The van der Waals surface area contributed by atoms with Gasteiger partial charge >= 0.3 is 0 Å². The molecule has 0 spiro atoms. The van der Waals surface area contributed by atoms with Gasteiger partial charge in [0.05, 0.1) is 5.70 Å². The first kappa shape index (κ1) is 11.9. The van der Waals surface area contributed by atoms with Crippen molar-refractivity contribution < 1.29 is 0 Å². The van der Waals surface area contributed by atoms with Crippen LogP contribution in [0.15, 0.2) is 47.8 Å². The molecule has 0 aromatic heterocycles. The zero-order valence-electron chi connectivity index (χ0n) is 12.4. The minimum absolute atomic E-state index is 0.791. The fourth-order valence-corrected chi connectivity index (χ4v) is 4.93. The van der Waals surface area contributed by atoms with E-state index >= 15 is 0 Å². The third-order valence-electron chi connectivity index (χ3n) is 5.80. The molecule has 21 heavy (non-hydrogen) atoms. The molecule has 1 saturated carbocycles. The number of nitrogens with zero attached hydrogens (tertiary/aromatic N) is 1. The molecule has 2 aliphatic carbocycles. The Bertz CT molecular complexity index is 692. The zero-order chi connectivity index (χ0) is 13.8. The summed E-state index contributed by atoms with van der Waals surface area (Å²) in [7, 11) is 0. The van der Waals surface area contributed by atoms with Gasteiger partial charge < -0.3 is 4.90 Å². The van der Waals surface area contributed by atoms with E-state index in [9.17, 15) is 0 Å². The highest BCUT2D eigenvalue weighted by molar-refractivity contribution is 5.82. The Morgan fingerprint density at radius 3 is 2.95 bits per heavy atom. The Labute approximate surface area is 126 Å². The van der Waals surface area contributed by atoms with Crippen LogP contribution in [0.25, 0.3) is 11.8 Å². The molecule has 106 valence electrons. The third-order valence-corrected chi connectivity index (χ3v) is 5.80.